The Hall–Kier alpha value is -2.86. The number of hydrogen-bond acceptors (Lipinski definition) is 3. The van der Waals surface area contributed by atoms with E-state index >= 15 is 0 Å². The molecule has 1 aromatic carbocycles. The predicted octanol–water partition coefficient (Wildman–Crippen LogP) is 2.83. The van der Waals surface area contributed by atoms with E-state index < -0.39 is 0 Å². The van der Waals surface area contributed by atoms with Gasteiger partial charge in [0.1, 0.15) is 12.1 Å². The maximum Gasteiger partial charge on any atom is 0.191 e. The number of hydrogen-bond donors (Lipinski definition) is 2. The molecule has 6 nitrogen and oxygen atoms in total. The first-order valence-corrected chi connectivity index (χ1v) is 8.75. The number of benzene rings is 1. The van der Waals surface area contributed by atoms with Crippen molar-refractivity contribution in [1.29, 1.82) is 0 Å². The van der Waals surface area contributed by atoms with Gasteiger partial charge in [-0.1, -0.05) is 35.9 Å². The van der Waals surface area contributed by atoms with Gasteiger partial charge in [-0.05, 0) is 29.7 Å². The number of nitrogens with zero attached hydrogens (tertiary/aromatic N) is 4. The van der Waals surface area contributed by atoms with Gasteiger partial charge in [-0.2, -0.15) is 0 Å². The van der Waals surface area contributed by atoms with E-state index in [2.05, 4.69) is 25.6 Å². The number of guanidine groups is 1. The molecule has 0 fully saturated rings. The first-order valence-electron chi connectivity index (χ1n) is 8.37. The maximum atomic E-state index is 6.18. The topological polar surface area (TPSA) is 67.1 Å². The van der Waals surface area contributed by atoms with E-state index in [9.17, 15) is 0 Å². The van der Waals surface area contributed by atoms with Crippen LogP contribution >= 0.6 is 11.6 Å². The summed E-state index contributed by atoms with van der Waals surface area (Å²) >= 11 is 6.18. The molecule has 0 saturated carbocycles. The monoisotopic (exact) mass is 368 g/mol. The molecule has 2 aromatic heterocycles. The van der Waals surface area contributed by atoms with Crippen molar-refractivity contribution >= 4 is 17.6 Å². The van der Waals surface area contributed by atoms with Crippen LogP contribution in [0.4, 0.5) is 0 Å². The van der Waals surface area contributed by atoms with Gasteiger partial charge >= 0.3 is 0 Å². The number of nitrogens with one attached hydrogen (secondary N) is 2. The smallest absolute Gasteiger partial charge is 0.191 e. The summed E-state index contributed by atoms with van der Waals surface area (Å²) in [6, 6.07) is 11.9. The number of pyridine rings is 1. The van der Waals surface area contributed by atoms with Crippen LogP contribution in [0.15, 0.2) is 66.3 Å². The summed E-state index contributed by atoms with van der Waals surface area (Å²) in [5.74, 6) is 1.59. The molecule has 0 aliphatic rings. The highest BCUT2D eigenvalue weighted by molar-refractivity contribution is 6.31. The van der Waals surface area contributed by atoms with Crippen molar-refractivity contribution in [3.63, 3.8) is 0 Å². The molecule has 26 heavy (non-hydrogen) atoms. The van der Waals surface area contributed by atoms with Gasteiger partial charge in [0.2, 0.25) is 0 Å². The van der Waals surface area contributed by atoms with Gasteiger partial charge in [0.15, 0.2) is 5.96 Å². The highest BCUT2D eigenvalue weighted by Crippen LogP contribution is 2.14. The third-order valence-corrected chi connectivity index (χ3v) is 4.27. The molecule has 3 aromatic rings. The van der Waals surface area contributed by atoms with Crippen LogP contribution in [0.2, 0.25) is 5.02 Å². The first-order chi connectivity index (χ1) is 12.8. The SMILES string of the molecule is CN=C(NCCc1ccccc1Cl)NCc1ccc(-n2ccnc2)nc1. The Kier molecular flexibility index (Phi) is 6.22. The van der Waals surface area contributed by atoms with Crippen LogP contribution in [0.25, 0.3) is 5.82 Å². The lowest BCUT2D eigenvalue weighted by Crippen LogP contribution is -2.37. The molecule has 2 heterocycles. The summed E-state index contributed by atoms with van der Waals surface area (Å²) in [5, 5.41) is 7.38. The van der Waals surface area contributed by atoms with Crippen LogP contribution in [-0.2, 0) is 13.0 Å². The van der Waals surface area contributed by atoms with Gasteiger partial charge in [-0.25, -0.2) is 9.97 Å². The average Bonchev–Trinajstić information content (AvgIpc) is 3.21. The normalized spacial score (nSPS) is 11.4. The van der Waals surface area contributed by atoms with E-state index in [1.54, 1.807) is 19.6 Å². The number of rotatable bonds is 6. The largest absolute Gasteiger partial charge is 0.356 e. The van der Waals surface area contributed by atoms with Crippen LogP contribution in [0.3, 0.4) is 0 Å². The molecular weight excluding hydrogens is 348 g/mol. The van der Waals surface area contributed by atoms with Gasteiger partial charge in [-0.15, -0.1) is 0 Å². The standard InChI is InChI=1S/C19H21ClN6/c1-21-19(23-9-8-16-4-2-3-5-17(16)20)25-13-15-6-7-18(24-12-15)26-11-10-22-14-26/h2-7,10-12,14H,8-9,13H2,1H3,(H2,21,23,25). The second kappa shape index (κ2) is 9.01. The van der Waals surface area contributed by atoms with E-state index in [1.165, 1.54) is 0 Å². The van der Waals surface area contributed by atoms with Gasteiger partial charge in [-0.3, -0.25) is 9.56 Å². The summed E-state index contributed by atoms with van der Waals surface area (Å²) in [5.41, 5.74) is 2.19. The molecule has 0 amide bonds. The van der Waals surface area contributed by atoms with Crippen molar-refractivity contribution in [1.82, 2.24) is 25.2 Å². The van der Waals surface area contributed by atoms with Gasteiger partial charge in [0.25, 0.3) is 0 Å². The van der Waals surface area contributed by atoms with Gasteiger partial charge in [0.05, 0.1) is 0 Å². The minimum atomic E-state index is 0.642. The Morgan fingerprint density at radius 2 is 2.08 bits per heavy atom. The second-order valence-electron chi connectivity index (χ2n) is 5.69. The molecule has 0 aliphatic heterocycles. The van der Waals surface area contributed by atoms with Crippen LogP contribution < -0.4 is 10.6 Å². The Balaban J connectivity index is 1.47. The van der Waals surface area contributed by atoms with Crippen LogP contribution in [0.5, 0.6) is 0 Å². The summed E-state index contributed by atoms with van der Waals surface area (Å²) in [6.07, 6.45) is 8.01. The fraction of sp³-hybridized carbons (Fsp3) is 0.211. The number of halogens is 1. The zero-order valence-electron chi connectivity index (χ0n) is 14.6. The second-order valence-corrected chi connectivity index (χ2v) is 6.10. The number of imidazole rings is 1. The Labute approximate surface area is 158 Å². The lowest BCUT2D eigenvalue weighted by atomic mass is 10.1. The molecule has 0 atom stereocenters. The molecule has 0 bridgehead atoms. The van der Waals surface area contributed by atoms with E-state index in [4.69, 9.17) is 11.6 Å². The van der Waals surface area contributed by atoms with E-state index in [0.29, 0.717) is 6.54 Å². The molecule has 134 valence electrons. The molecule has 0 radical (unpaired) electrons. The van der Waals surface area contributed by atoms with Gasteiger partial charge in [0, 0.05) is 43.8 Å². The molecule has 0 aliphatic carbocycles. The first kappa shape index (κ1) is 17.9. The molecule has 2 N–H and O–H groups in total. The van der Waals surface area contributed by atoms with Crippen LogP contribution in [0, 0.1) is 0 Å². The highest BCUT2D eigenvalue weighted by atomic mass is 35.5. The Morgan fingerprint density at radius 1 is 1.19 bits per heavy atom. The molecule has 0 saturated heterocycles. The third kappa shape index (κ3) is 4.83. The lowest BCUT2D eigenvalue weighted by molar-refractivity contribution is 0.792. The highest BCUT2D eigenvalue weighted by Gasteiger charge is 2.02. The third-order valence-electron chi connectivity index (χ3n) is 3.91. The molecule has 0 spiro atoms. The summed E-state index contributed by atoms with van der Waals surface area (Å²) in [7, 11) is 1.76. The molecule has 0 unspecified atom stereocenters. The number of aromatic nitrogens is 3. The van der Waals surface area contributed by atoms with Crippen molar-refractivity contribution in [3.05, 3.63) is 77.5 Å². The summed E-state index contributed by atoms with van der Waals surface area (Å²) in [6.45, 7) is 1.39. The fourth-order valence-electron chi connectivity index (χ4n) is 2.49. The minimum Gasteiger partial charge on any atom is -0.356 e. The zero-order valence-corrected chi connectivity index (χ0v) is 15.3. The quantitative estimate of drug-likeness (QED) is 0.518. The predicted molar refractivity (Wildman–Crippen MR) is 105 cm³/mol. The van der Waals surface area contributed by atoms with Crippen molar-refractivity contribution in [2.45, 2.75) is 13.0 Å². The van der Waals surface area contributed by atoms with Gasteiger partial charge < -0.3 is 10.6 Å². The Morgan fingerprint density at radius 3 is 2.77 bits per heavy atom. The van der Waals surface area contributed by atoms with Crippen molar-refractivity contribution in [2.24, 2.45) is 4.99 Å². The summed E-state index contributed by atoms with van der Waals surface area (Å²) < 4.78 is 1.87. The van der Waals surface area contributed by atoms with E-state index in [0.717, 1.165) is 40.9 Å². The fourth-order valence-corrected chi connectivity index (χ4v) is 2.72. The molecule has 3 rings (SSSR count). The zero-order chi connectivity index (χ0) is 18.2. The van der Waals surface area contributed by atoms with Crippen molar-refractivity contribution in [3.8, 4) is 5.82 Å². The number of aliphatic imine (C=N–C) groups is 1. The van der Waals surface area contributed by atoms with Crippen molar-refractivity contribution in [2.75, 3.05) is 13.6 Å². The van der Waals surface area contributed by atoms with Crippen LogP contribution in [0.1, 0.15) is 11.1 Å². The van der Waals surface area contributed by atoms with Crippen molar-refractivity contribution < 1.29 is 0 Å². The maximum absolute atomic E-state index is 6.18. The molecular formula is C19H21ClN6. The lowest BCUT2D eigenvalue weighted by Gasteiger charge is -2.12. The van der Waals surface area contributed by atoms with E-state index in [-0.39, 0.29) is 0 Å². The Bertz CT molecular complexity index is 843. The average molecular weight is 369 g/mol. The minimum absolute atomic E-state index is 0.642. The summed E-state index contributed by atoms with van der Waals surface area (Å²) in [4.78, 5) is 12.7. The molecule has 7 heteroatoms. The van der Waals surface area contributed by atoms with Crippen LogP contribution in [-0.4, -0.2) is 34.1 Å². The van der Waals surface area contributed by atoms with E-state index in [1.807, 2.05) is 53.4 Å².